The average Bonchev–Trinajstić information content (AvgIpc) is 3.23. The highest BCUT2D eigenvalue weighted by Gasteiger charge is 2.45. The lowest BCUT2D eigenvalue weighted by molar-refractivity contribution is -0.166. The number of rotatable bonds is 7. The van der Waals surface area contributed by atoms with Gasteiger partial charge in [0.05, 0.1) is 13.2 Å². The van der Waals surface area contributed by atoms with Crippen LogP contribution < -0.4 is 5.32 Å². The van der Waals surface area contributed by atoms with Gasteiger partial charge in [0.15, 0.2) is 5.60 Å². The van der Waals surface area contributed by atoms with Gasteiger partial charge in [0, 0.05) is 30.3 Å². The van der Waals surface area contributed by atoms with E-state index in [1.807, 2.05) is 26.8 Å². The van der Waals surface area contributed by atoms with Gasteiger partial charge in [-0.3, -0.25) is 9.59 Å². The number of ether oxygens (including phenoxy) is 1. The molecular weight excluding hydrogens is 384 g/mol. The zero-order chi connectivity index (χ0) is 20.9. The maximum atomic E-state index is 13.1. The number of nitrogens with one attached hydrogen (secondary N) is 1. The van der Waals surface area contributed by atoms with Crippen LogP contribution in [-0.4, -0.2) is 48.1 Å². The second-order valence-corrected chi connectivity index (χ2v) is 8.83. The lowest BCUT2D eigenvalue weighted by Gasteiger charge is -2.42. The van der Waals surface area contributed by atoms with Crippen molar-refractivity contribution in [1.82, 2.24) is 10.2 Å². The predicted molar refractivity (Wildman–Crippen MR) is 117 cm³/mol. The molecule has 0 radical (unpaired) electrons. The lowest BCUT2D eigenvalue weighted by atomic mass is 9.90. The molecule has 1 aromatic carbocycles. The van der Waals surface area contributed by atoms with Crippen molar-refractivity contribution in [3.05, 3.63) is 47.3 Å². The maximum Gasteiger partial charge on any atom is 0.254 e. The summed E-state index contributed by atoms with van der Waals surface area (Å²) in [5.74, 6) is -0.0607. The highest BCUT2D eigenvalue weighted by Crippen LogP contribution is 2.28. The van der Waals surface area contributed by atoms with Crippen molar-refractivity contribution >= 4 is 23.2 Å². The summed E-state index contributed by atoms with van der Waals surface area (Å²) in [6.45, 7) is 7.05. The molecule has 5 nitrogen and oxygen atoms in total. The number of thiophene rings is 1. The first-order valence-electron chi connectivity index (χ1n) is 10.3. The van der Waals surface area contributed by atoms with Gasteiger partial charge in [-0.05, 0) is 42.8 Å². The van der Waals surface area contributed by atoms with Crippen LogP contribution in [0.2, 0.25) is 0 Å². The Balaban J connectivity index is 1.83. The van der Waals surface area contributed by atoms with E-state index in [9.17, 15) is 9.59 Å². The molecule has 1 aliphatic rings. The largest absolute Gasteiger partial charge is 0.361 e. The molecule has 0 aliphatic carbocycles. The van der Waals surface area contributed by atoms with Crippen LogP contribution in [0.25, 0.3) is 10.4 Å². The summed E-state index contributed by atoms with van der Waals surface area (Å²) in [5.41, 5.74) is 1.12. The number of carbonyl (C=O) groups is 2. The number of hydrogen-bond acceptors (Lipinski definition) is 4. The van der Waals surface area contributed by atoms with E-state index in [0.29, 0.717) is 26.0 Å². The van der Waals surface area contributed by atoms with Gasteiger partial charge in [-0.2, -0.15) is 0 Å². The highest BCUT2D eigenvalue weighted by atomic mass is 32.1. The maximum absolute atomic E-state index is 13.1. The Kier molecular flexibility index (Phi) is 7.09. The predicted octanol–water partition coefficient (Wildman–Crippen LogP) is 3.88. The van der Waals surface area contributed by atoms with Crippen LogP contribution in [0.15, 0.2) is 41.8 Å². The SMILES string of the molecule is CCCC(=O)N1CCOC(Cc2ccc(-c3cccs3)cc2)(C(=O)NC(C)C)C1. The summed E-state index contributed by atoms with van der Waals surface area (Å²) >= 11 is 1.70. The molecule has 2 aromatic rings. The molecular formula is C23H30N2O3S. The van der Waals surface area contributed by atoms with Gasteiger partial charge in [-0.25, -0.2) is 0 Å². The molecule has 1 N–H and O–H groups in total. The minimum atomic E-state index is -1.06. The Labute approximate surface area is 177 Å². The molecule has 2 heterocycles. The summed E-state index contributed by atoms with van der Waals surface area (Å²) in [6.07, 6.45) is 1.73. The van der Waals surface area contributed by atoms with Gasteiger partial charge in [0.25, 0.3) is 5.91 Å². The quantitative estimate of drug-likeness (QED) is 0.748. The van der Waals surface area contributed by atoms with Crippen molar-refractivity contribution in [2.75, 3.05) is 19.7 Å². The smallest absolute Gasteiger partial charge is 0.254 e. The van der Waals surface area contributed by atoms with Gasteiger partial charge < -0.3 is 15.0 Å². The molecule has 0 bridgehead atoms. The molecule has 1 unspecified atom stereocenters. The van der Waals surface area contributed by atoms with Gasteiger partial charge >= 0.3 is 0 Å². The normalized spacial score (nSPS) is 19.4. The molecule has 1 aromatic heterocycles. The third-order valence-corrected chi connectivity index (χ3v) is 6.00. The van der Waals surface area contributed by atoms with E-state index in [1.165, 1.54) is 4.88 Å². The first kappa shape index (κ1) is 21.5. The van der Waals surface area contributed by atoms with E-state index in [2.05, 4.69) is 41.0 Å². The number of nitrogens with zero attached hydrogens (tertiary/aromatic N) is 1. The lowest BCUT2D eigenvalue weighted by Crippen LogP contribution is -2.62. The van der Waals surface area contributed by atoms with Crippen molar-refractivity contribution in [3.8, 4) is 10.4 Å². The van der Waals surface area contributed by atoms with Crippen LogP contribution >= 0.6 is 11.3 Å². The van der Waals surface area contributed by atoms with Gasteiger partial charge in [0.1, 0.15) is 0 Å². The third kappa shape index (κ3) is 5.25. The van der Waals surface area contributed by atoms with E-state index in [-0.39, 0.29) is 24.4 Å². The van der Waals surface area contributed by atoms with Crippen molar-refractivity contribution in [1.29, 1.82) is 0 Å². The van der Waals surface area contributed by atoms with Crippen molar-refractivity contribution in [2.24, 2.45) is 0 Å². The zero-order valence-corrected chi connectivity index (χ0v) is 18.3. The van der Waals surface area contributed by atoms with Crippen molar-refractivity contribution in [2.45, 2.75) is 51.7 Å². The van der Waals surface area contributed by atoms with Crippen LogP contribution in [0.3, 0.4) is 0 Å². The standard InChI is InChI=1S/C23H30N2O3S/c1-4-6-21(26)25-12-13-28-23(16-25,22(27)24-17(2)3)15-18-8-10-19(11-9-18)20-7-5-14-29-20/h5,7-11,14,17H,4,6,12-13,15-16H2,1-3H3,(H,24,27). The van der Waals surface area contributed by atoms with Crippen LogP contribution in [0.4, 0.5) is 0 Å². The second-order valence-electron chi connectivity index (χ2n) is 7.89. The Morgan fingerprint density at radius 1 is 1.24 bits per heavy atom. The van der Waals surface area contributed by atoms with E-state index in [1.54, 1.807) is 16.2 Å². The number of carbonyl (C=O) groups excluding carboxylic acids is 2. The minimum Gasteiger partial charge on any atom is -0.361 e. The van der Waals surface area contributed by atoms with Gasteiger partial charge in [-0.15, -0.1) is 11.3 Å². The first-order valence-corrected chi connectivity index (χ1v) is 11.2. The van der Waals surface area contributed by atoms with Gasteiger partial charge in [0.2, 0.25) is 5.91 Å². The summed E-state index contributed by atoms with van der Waals surface area (Å²) < 4.78 is 6.09. The number of hydrogen-bond donors (Lipinski definition) is 1. The molecule has 2 amide bonds. The Morgan fingerprint density at radius 2 is 2.00 bits per heavy atom. The molecule has 1 saturated heterocycles. The van der Waals surface area contributed by atoms with Crippen molar-refractivity contribution < 1.29 is 14.3 Å². The molecule has 29 heavy (non-hydrogen) atoms. The fraction of sp³-hybridized carbons (Fsp3) is 0.478. The third-order valence-electron chi connectivity index (χ3n) is 5.09. The summed E-state index contributed by atoms with van der Waals surface area (Å²) in [4.78, 5) is 28.6. The van der Waals surface area contributed by atoms with E-state index in [0.717, 1.165) is 17.5 Å². The molecule has 0 saturated carbocycles. The molecule has 1 atom stereocenters. The average molecular weight is 415 g/mol. The zero-order valence-electron chi connectivity index (χ0n) is 17.4. The van der Waals surface area contributed by atoms with E-state index >= 15 is 0 Å². The monoisotopic (exact) mass is 414 g/mol. The van der Waals surface area contributed by atoms with Crippen molar-refractivity contribution in [3.63, 3.8) is 0 Å². The Morgan fingerprint density at radius 3 is 2.62 bits per heavy atom. The fourth-order valence-electron chi connectivity index (χ4n) is 3.65. The van der Waals surface area contributed by atoms with Crippen LogP contribution in [0.5, 0.6) is 0 Å². The number of morpholine rings is 1. The first-order chi connectivity index (χ1) is 13.9. The second kappa shape index (κ2) is 9.55. The Hall–Kier alpha value is -2.18. The molecule has 0 spiro atoms. The summed E-state index contributed by atoms with van der Waals surface area (Å²) in [5, 5.41) is 5.06. The molecule has 1 aliphatic heterocycles. The van der Waals surface area contributed by atoms with Gasteiger partial charge in [-0.1, -0.05) is 37.3 Å². The summed E-state index contributed by atoms with van der Waals surface area (Å²) in [7, 11) is 0. The van der Waals surface area contributed by atoms with Crippen LogP contribution in [-0.2, 0) is 20.7 Å². The molecule has 1 fully saturated rings. The molecule has 6 heteroatoms. The van der Waals surface area contributed by atoms with E-state index in [4.69, 9.17) is 4.74 Å². The molecule has 3 rings (SSSR count). The molecule has 156 valence electrons. The highest BCUT2D eigenvalue weighted by molar-refractivity contribution is 7.13. The number of amides is 2. The topological polar surface area (TPSA) is 58.6 Å². The number of benzene rings is 1. The Bertz CT molecular complexity index is 817. The fourth-order valence-corrected chi connectivity index (χ4v) is 4.38. The summed E-state index contributed by atoms with van der Waals surface area (Å²) in [6, 6.07) is 12.4. The van der Waals surface area contributed by atoms with Crippen LogP contribution in [0, 0.1) is 0 Å². The minimum absolute atomic E-state index is 0.00546. The van der Waals surface area contributed by atoms with Crippen LogP contribution in [0.1, 0.15) is 39.2 Å². The van der Waals surface area contributed by atoms with E-state index < -0.39 is 5.60 Å².